The third-order valence-electron chi connectivity index (χ3n) is 3.99. The minimum absolute atomic E-state index is 0.0507. The molecule has 0 aliphatic heterocycles. The lowest BCUT2D eigenvalue weighted by Crippen LogP contribution is -2.42. The number of sulfonamides is 1. The zero-order valence-electron chi connectivity index (χ0n) is 15.1. The van der Waals surface area contributed by atoms with Gasteiger partial charge >= 0.3 is 5.97 Å². The van der Waals surface area contributed by atoms with E-state index in [0.717, 1.165) is 17.3 Å². The van der Waals surface area contributed by atoms with E-state index in [1.807, 2.05) is 25.1 Å². The lowest BCUT2D eigenvalue weighted by atomic mass is 10.1. The Balaban J connectivity index is 2.01. The van der Waals surface area contributed by atoms with Crippen LogP contribution in [0.15, 0.2) is 30.5 Å². The van der Waals surface area contributed by atoms with E-state index in [0.29, 0.717) is 12.0 Å². The molecule has 2 aromatic rings. The summed E-state index contributed by atoms with van der Waals surface area (Å²) in [6, 6.07) is 6.25. The molecule has 2 atom stereocenters. The van der Waals surface area contributed by atoms with Crippen LogP contribution in [0.2, 0.25) is 0 Å². The summed E-state index contributed by atoms with van der Waals surface area (Å²) in [6.07, 6.45) is 1.79. The molecule has 0 unspecified atom stereocenters. The summed E-state index contributed by atoms with van der Waals surface area (Å²) in [5, 5.41) is 0.744. The van der Waals surface area contributed by atoms with Crippen molar-refractivity contribution in [2.75, 3.05) is 5.75 Å². The molecule has 0 spiro atoms. The van der Waals surface area contributed by atoms with Gasteiger partial charge in [0.1, 0.15) is 6.04 Å². The Morgan fingerprint density at radius 2 is 1.92 bits per heavy atom. The Labute approximate surface area is 153 Å². The first kappa shape index (κ1) is 20.1. The number of H-pyrrole nitrogens is 1. The Bertz CT molecular complexity index is 888. The molecule has 2 N–H and O–H groups in total. The number of esters is 1. The second-order valence-electron chi connectivity index (χ2n) is 6.20. The van der Waals surface area contributed by atoms with Gasteiger partial charge in [0.25, 0.3) is 0 Å². The summed E-state index contributed by atoms with van der Waals surface area (Å²) in [7, 11) is -3.56. The molecular formula is C18H24N2O5S. The molecular weight excluding hydrogens is 356 g/mol. The van der Waals surface area contributed by atoms with Gasteiger partial charge in [-0.15, -0.1) is 0 Å². The summed E-state index contributed by atoms with van der Waals surface area (Å²) in [4.78, 5) is 27.7. The average molecular weight is 380 g/mol. The van der Waals surface area contributed by atoms with Crippen molar-refractivity contribution in [3.63, 3.8) is 0 Å². The Kier molecular flexibility index (Phi) is 6.55. The van der Waals surface area contributed by atoms with Crippen molar-refractivity contribution in [2.45, 2.75) is 45.8 Å². The van der Waals surface area contributed by atoms with Gasteiger partial charge in [0, 0.05) is 22.7 Å². The second kappa shape index (κ2) is 8.46. The topological polar surface area (TPSA) is 105 Å². The number of benzene rings is 1. The minimum atomic E-state index is -3.56. The van der Waals surface area contributed by atoms with E-state index in [-0.39, 0.29) is 11.5 Å². The standard InChI is InChI=1S/C18H24N2O5S/c1-4-5-10-26(23,24)20-12(2)18(22)25-13(3)17(21)15-11-19-16-9-7-6-8-14(15)16/h6-9,11-13,19-20H,4-5,10H2,1-3H3/t12-,13+/m0/s1. The summed E-state index contributed by atoms with van der Waals surface area (Å²) < 4.78 is 31.2. The lowest BCUT2D eigenvalue weighted by Gasteiger charge is -2.17. The van der Waals surface area contributed by atoms with Gasteiger partial charge in [-0.1, -0.05) is 31.5 Å². The number of aromatic nitrogens is 1. The fraction of sp³-hybridized carbons (Fsp3) is 0.444. The van der Waals surface area contributed by atoms with Crippen LogP contribution in [0.3, 0.4) is 0 Å². The number of hydrogen-bond donors (Lipinski definition) is 2. The highest BCUT2D eigenvalue weighted by Crippen LogP contribution is 2.20. The maximum atomic E-state index is 12.6. The van der Waals surface area contributed by atoms with E-state index in [1.165, 1.54) is 13.8 Å². The fourth-order valence-corrected chi connectivity index (χ4v) is 3.96. The van der Waals surface area contributed by atoms with Crippen LogP contribution >= 0.6 is 0 Å². The van der Waals surface area contributed by atoms with Gasteiger partial charge in [-0.05, 0) is 26.3 Å². The van der Waals surface area contributed by atoms with Gasteiger partial charge in [0.2, 0.25) is 15.8 Å². The van der Waals surface area contributed by atoms with Gasteiger partial charge < -0.3 is 9.72 Å². The van der Waals surface area contributed by atoms with Crippen LogP contribution in [-0.2, 0) is 19.6 Å². The third kappa shape index (κ3) is 4.92. The Morgan fingerprint density at radius 1 is 1.23 bits per heavy atom. The first-order valence-electron chi connectivity index (χ1n) is 8.56. The maximum absolute atomic E-state index is 12.6. The summed E-state index contributed by atoms with van der Waals surface area (Å²) in [5.41, 5.74) is 1.24. The van der Waals surface area contributed by atoms with Crippen LogP contribution in [0.25, 0.3) is 10.9 Å². The number of Topliss-reactive ketones (excluding diaryl/α,β-unsaturated/α-hetero) is 1. The highest BCUT2D eigenvalue weighted by molar-refractivity contribution is 7.89. The summed E-state index contributed by atoms with van der Waals surface area (Å²) in [5.74, 6) is -1.19. The smallest absolute Gasteiger partial charge is 0.324 e. The van der Waals surface area contributed by atoms with E-state index in [4.69, 9.17) is 4.74 Å². The number of aromatic amines is 1. The highest BCUT2D eigenvalue weighted by Gasteiger charge is 2.26. The van der Waals surface area contributed by atoms with Gasteiger partial charge in [-0.25, -0.2) is 13.1 Å². The van der Waals surface area contributed by atoms with E-state index in [2.05, 4.69) is 9.71 Å². The SMILES string of the molecule is CCCCS(=O)(=O)N[C@@H](C)C(=O)O[C@H](C)C(=O)c1c[nH]c2ccccc12. The van der Waals surface area contributed by atoms with Crippen LogP contribution in [0.5, 0.6) is 0 Å². The van der Waals surface area contributed by atoms with Crippen molar-refractivity contribution in [1.29, 1.82) is 0 Å². The zero-order valence-corrected chi connectivity index (χ0v) is 15.9. The number of ether oxygens (including phenoxy) is 1. The van der Waals surface area contributed by atoms with E-state index in [9.17, 15) is 18.0 Å². The molecule has 0 aliphatic carbocycles. The molecule has 1 heterocycles. The van der Waals surface area contributed by atoms with Gasteiger partial charge in [-0.2, -0.15) is 0 Å². The molecule has 1 aromatic heterocycles. The van der Waals surface area contributed by atoms with Gasteiger partial charge in [-0.3, -0.25) is 9.59 Å². The second-order valence-corrected chi connectivity index (χ2v) is 8.08. The van der Waals surface area contributed by atoms with Crippen LogP contribution in [0.1, 0.15) is 44.0 Å². The average Bonchev–Trinajstić information content (AvgIpc) is 3.02. The molecule has 0 fully saturated rings. The Morgan fingerprint density at radius 3 is 2.62 bits per heavy atom. The predicted octanol–water partition coefficient (Wildman–Crippen LogP) is 2.39. The monoisotopic (exact) mass is 380 g/mol. The zero-order chi connectivity index (χ0) is 19.3. The highest BCUT2D eigenvalue weighted by atomic mass is 32.2. The van der Waals surface area contributed by atoms with Crippen molar-refractivity contribution in [3.05, 3.63) is 36.0 Å². The molecule has 0 radical (unpaired) electrons. The summed E-state index contributed by atoms with van der Waals surface area (Å²) >= 11 is 0. The number of fused-ring (bicyclic) bond motifs is 1. The first-order chi connectivity index (χ1) is 12.2. The largest absolute Gasteiger partial charge is 0.453 e. The number of para-hydroxylation sites is 1. The lowest BCUT2D eigenvalue weighted by molar-refractivity contribution is -0.147. The van der Waals surface area contributed by atoms with Gasteiger partial charge in [0.15, 0.2) is 6.10 Å². The van der Waals surface area contributed by atoms with E-state index >= 15 is 0 Å². The Hall–Kier alpha value is -2.19. The number of nitrogens with one attached hydrogen (secondary N) is 2. The molecule has 0 saturated carbocycles. The number of carbonyl (C=O) groups excluding carboxylic acids is 2. The maximum Gasteiger partial charge on any atom is 0.324 e. The molecule has 0 saturated heterocycles. The molecule has 8 heteroatoms. The molecule has 1 aromatic carbocycles. The van der Waals surface area contributed by atoms with Crippen molar-refractivity contribution >= 4 is 32.7 Å². The van der Waals surface area contributed by atoms with Crippen molar-refractivity contribution in [1.82, 2.24) is 9.71 Å². The number of rotatable bonds is 9. The predicted molar refractivity (Wildman–Crippen MR) is 99.5 cm³/mol. The molecule has 7 nitrogen and oxygen atoms in total. The number of unbranched alkanes of at least 4 members (excludes halogenated alkanes) is 1. The van der Waals surface area contributed by atoms with E-state index < -0.39 is 28.1 Å². The van der Waals surface area contributed by atoms with Crippen LogP contribution < -0.4 is 4.72 Å². The van der Waals surface area contributed by atoms with Crippen molar-refractivity contribution in [3.8, 4) is 0 Å². The van der Waals surface area contributed by atoms with Crippen molar-refractivity contribution in [2.24, 2.45) is 0 Å². The summed E-state index contributed by atoms with van der Waals surface area (Å²) in [6.45, 7) is 4.75. The normalized spacial score (nSPS) is 14.1. The van der Waals surface area contributed by atoms with Crippen LogP contribution in [0.4, 0.5) is 0 Å². The van der Waals surface area contributed by atoms with Crippen LogP contribution in [0, 0.1) is 0 Å². The molecule has 0 bridgehead atoms. The molecule has 0 amide bonds. The number of carbonyl (C=O) groups is 2. The quantitative estimate of drug-likeness (QED) is 0.513. The molecule has 26 heavy (non-hydrogen) atoms. The third-order valence-corrected chi connectivity index (χ3v) is 5.53. The molecule has 0 aliphatic rings. The first-order valence-corrected chi connectivity index (χ1v) is 10.2. The molecule has 2 rings (SSSR count). The molecule has 142 valence electrons. The minimum Gasteiger partial charge on any atom is -0.453 e. The van der Waals surface area contributed by atoms with Crippen molar-refractivity contribution < 1.29 is 22.7 Å². The number of ketones is 1. The number of hydrogen-bond acceptors (Lipinski definition) is 5. The van der Waals surface area contributed by atoms with E-state index in [1.54, 1.807) is 12.3 Å². The fourth-order valence-electron chi connectivity index (χ4n) is 2.53. The van der Waals surface area contributed by atoms with Crippen LogP contribution in [-0.4, -0.2) is 43.1 Å². The van der Waals surface area contributed by atoms with Gasteiger partial charge in [0.05, 0.1) is 5.75 Å².